The highest BCUT2D eigenvalue weighted by atomic mass is 16.5. The van der Waals surface area contributed by atoms with E-state index in [4.69, 9.17) is 4.74 Å². The molecule has 1 heterocycles. The highest BCUT2D eigenvalue weighted by molar-refractivity contribution is 5.81. The van der Waals surface area contributed by atoms with Crippen molar-refractivity contribution in [3.8, 4) is 0 Å². The summed E-state index contributed by atoms with van der Waals surface area (Å²) in [5, 5.41) is 1.26. The average Bonchev–Trinajstić information content (AvgIpc) is 2.83. The molecule has 102 valence electrons. The lowest BCUT2D eigenvalue weighted by Gasteiger charge is -1.95. The largest absolute Gasteiger partial charge is 0.376 e. The summed E-state index contributed by atoms with van der Waals surface area (Å²) in [6.07, 6.45) is 0. The van der Waals surface area contributed by atoms with Crippen molar-refractivity contribution in [2.75, 3.05) is 6.61 Å². The second-order valence-corrected chi connectivity index (χ2v) is 3.52. The molecule has 0 saturated heterocycles. The molecule has 1 N–H and O–H groups in total. The highest BCUT2D eigenvalue weighted by Crippen LogP contribution is 2.17. The van der Waals surface area contributed by atoms with Crippen molar-refractivity contribution in [3.63, 3.8) is 0 Å². The lowest BCUT2D eigenvalue weighted by atomic mass is 10.2. The zero-order valence-corrected chi connectivity index (χ0v) is 12.6. The van der Waals surface area contributed by atoms with E-state index in [1.54, 1.807) is 0 Å². The number of hydrogen-bond acceptors (Lipinski definition) is 1. The number of nitrogens with one attached hydrogen (secondary N) is 1. The maximum atomic E-state index is 5.35. The van der Waals surface area contributed by atoms with Gasteiger partial charge in [0.15, 0.2) is 0 Å². The molecule has 0 bridgehead atoms. The summed E-state index contributed by atoms with van der Waals surface area (Å²) in [4.78, 5) is 3.33. The van der Waals surface area contributed by atoms with E-state index in [1.165, 1.54) is 16.5 Å². The summed E-state index contributed by atoms with van der Waals surface area (Å²) in [6, 6.07) is 8.56. The van der Waals surface area contributed by atoms with Gasteiger partial charge in [-0.3, -0.25) is 0 Å². The van der Waals surface area contributed by atoms with Crippen LogP contribution in [-0.2, 0) is 11.3 Å². The van der Waals surface area contributed by atoms with Crippen LogP contribution in [0, 0.1) is 6.92 Å². The minimum absolute atomic E-state index is 0.671. The Kier molecular flexibility index (Phi) is 9.03. The van der Waals surface area contributed by atoms with Crippen LogP contribution in [0.25, 0.3) is 10.9 Å². The number of H-pyrrole nitrogens is 1. The summed E-state index contributed by atoms with van der Waals surface area (Å²) in [5.74, 6) is 0. The predicted molar refractivity (Wildman–Crippen MR) is 81.1 cm³/mol. The van der Waals surface area contributed by atoms with Crippen molar-refractivity contribution >= 4 is 10.9 Å². The van der Waals surface area contributed by atoms with Crippen LogP contribution in [0.3, 0.4) is 0 Å². The van der Waals surface area contributed by atoms with Crippen molar-refractivity contribution < 1.29 is 4.74 Å². The molecule has 2 nitrogen and oxygen atoms in total. The summed E-state index contributed by atoms with van der Waals surface area (Å²) in [7, 11) is 0. The molecule has 0 atom stereocenters. The van der Waals surface area contributed by atoms with Gasteiger partial charge in [0.1, 0.15) is 0 Å². The predicted octanol–water partition coefficient (Wildman–Crippen LogP) is 5.07. The highest BCUT2D eigenvalue weighted by Gasteiger charge is 2.00. The van der Waals surface area contributed by atoms with Crippen LogP contribution >= 0.6 is 0 Å². The van der Waals surface area contributed by atoms with Gasteiger partial charge in [-0.15, -0.1) is 0 Å². The fourth-order valence-corrected chi connectivity index (χ4v) is 1.60. The lowest BCUT2D eigenvalue weighted by molar-refractivity contribution is 0.132. The quantitative estimate of drug-likeness (QED) is 0.807. The van der Waals surface area contributed by atoms with Crippen LogP contribution in [0.15, 0.2) is 24.3 Å². The Morgan fingerprint density at radius 2 is 1.72 bits per heavy atom. The Balaban J connectivity index is 0.000000659. The third kappa shape index (κ3) is 4.92. The molecule has 0 unspecified atom stereocenters. The molecule has 1 aromatic carbocycles. The van der Waals surface area contributed by atoms with Crippen LogP contribution in [0.4, 0.5) is 0 Å². The van der Waals surface area contributed by atoms with Gasteiger partial charge in [-0.2, -0.15) is 0 Å². The van der Waals surface area contributed by atoms with Gasteiger partial charge in [-0.05, 0) is 37.4 Å². The Hall–Kier alpha value is -1.28. The van der Waals surface area contributed by atoms with Gasteiger partial charge in [0.05, 0.1) is 6.61 Å². The van der Waals surface area contributed by atoms with Gasteiger partial charge in [0, 0.05) is 17.8 Å². The number of hydrogen-bond donors (Lipinski definition) is 1. The number of aromatic nitrogens is 1. The van der Waals surface area contributed by atoms with Gasteiger partial charge in [0.25, 0.3) is 0 Å². The molecule has 0 aliphatic carbocycles. The average molecular weight is 249 g/mol. The van der Waals surface area contributed by atoms with E-state index in [0.717, 1.165) is 12.3 Å². The number of fused-ring (bicyclic) bond motifs is 1. The monoisotopic (exact) mass is 249 g/mol. The molecule has 0 spiro atoms. The van der Waals surface area contributed by atoms with Gasteiger partial charge in [-0.1, -0.05) is 39.3 Å². The second-order valence-electron chi connectivity index (χ2n) is 3.52. The zero-order valence-electron chi connectivity index (χ0n) is 12.6. The van der Waals surface area contributed by atoms with Crippen LogP contribution < -0.4 is 0 Å². The molecular formula is C16H27NO. The molecule has 2 rings (SSSR count). The van der Waals surface area contributed by atoms with Crippen LogP contribution in [0.1, 0.15) is 45.9 Å². The van der Waals surface area contributed by atoms with Crippen molar-refractivity contribution in [1.29, 1.82) is 0 Å². The third-order valence-electron chi connectivity index (χ3n) is 2.29. The normalized spacial score (nSPS) is 9.22. The molecule has 2 heteroatoms. The smallest absolute Gasteiger partial charge is 0.0865 e. The summed E-state index contributed by atoms with van der Waals surface area (Å²) < 4.78 is 5.35. The molecule has 0 aliphatic heterocycles. The van der Waals surface area contributed by atoms with E-state index in [-0.39, 0.29) is 0 Å². The number of ether oxygens (including phenoxy) is 1. The second kappa shape index (κ2) is 9.72. The SMILES string of the molecule is CC.CC.CCOCc1cc2cc(C)ccc2[nH]1. The Morgan fingerprint density at radius 1 is 1.06 bits per heavy atom. The first-order valence-electron chi connectivity index (χ1n) is 6.95. The lowest BCUT2D eigenvalue weighted by Crippen LogP contribution is -1.90. The van der Waals surface area contributed by atoms with Crippen molar-refractivity contribution in [1.82, 2.24) is 4.98 Å². The Bertz CT molecular complexity index is 432. The molecule has 0 amide bonds. The Labute approximate surface area is 111 Å². The summed E-state index contributed by atoms with van der Waals surface area (Å²) in [6.45, 7) is 13.5. The molecule has 18 heavy (non-hydrogen) atoms. The van der Waals surface area contributed by atoms with E-state index < -0.39 is 0 Å². The maximum Gasteiger partial charge on any atom is 0.0865 e. The summed E-state index contributed by atoms with van der Waals surface area (Å²) in [5.41, 5.74) is 3.62. The van der Waals surface area contributed by atoms with E-state index in [9.17, 15) is 0 Å². The number of aryl methyl sites for hydroxylation is 1. The first-order chi connectivity index (χ1) is 8.79. The minimum atomic E-state index is 0.671. The number of aromatic amines is 1. The first kappa shape index (κ1) is 16.7. The standard InChI is InChI=1S/C12H15NO.2C2H6/c1-3-14-8-11-7-10-6-9(2)4-5-12(10)13-11;2*1-2/h4-7,13H,3,8H2,1-2H3;2*1-2H3. The molecule has 1 aromatic heterocycles. The van der Waals surface area contributed by atoms with Gasteiger partial charge >= 0.3 is 0 Å². The molecule has 2 aromatic rings. The molecule has 0 saturated carbocycles. The summed E-state index contributed by atoms with van der Waals surface area (Å²) >= 11 is 0. The van der Waals surface area contributed by atoms with Crippen LogP contribution in [0.5, 0.6) is 0 Å². The fourth-order valence-electron chi connectivity index (χ4n) is 1.60. The van der Waals surface area contributed by atoms with E-state index in [0.29, 0.717) is 6.61 Å². The van der Waals surface area contributed by atoms with E-state index >= 15 is 0 Å². The molecule has 0 fully saturated rings. The van der Waals surface area contributed by atoms with Gasteiger partial charge in [-0.25, -0.2) is 0 Å². The fraction of sp³-hybridized carbons (Fsp3) is 0.500. The van der Waals surface area contributed by atoms with Gasteiger partial charge < -0.3 is 9.72 Å². The molecule has 0 radical (unpaired) electrons. The third-order valence-corrected chi connectivity index (χ3v) is 2.29. The Morgan fingerprint density at radius 3 is 2.33 bits per heavy atom. The van der Waals surface area contributed by atoms with Crippen molar-refractivity contribution in [2.45, 2.75) is 48.1 Å². The zero-order chi connectivity index (χ0) is 14.0. The van der Waals surface area contributed by atoms with Crippen LogP contribution in [-0.4, -0.2) is 11.6 Å². The van der Waals surface area contributed by atoms with Crippen molar-refractivity contribution in [3.05, 3.63) is 35.5 Å². The molecular weight excluding hydrogens is 222 g/mol. The van der Waals surface area contributed by atoms with Crippen molar-refractivity contribution in [2.24, 2.45) is 0 Å². The maximum absolute atomic E-state index is 5.35. The van der Waals surface area contributed by atoms with Gasteiger partial charge in [0.2, 0.25) is 0 Å². The topological polar surface area (TPSA) is 25.0 Å². The van der Waals surface area contributed by atoms with E-state index in [1.807, 2.05) is 34.6 Å². The first-order valence-corrected chi connectivity index (χ1v) is 6.95. The number of benzene rings is 1. The minimum Gasteiger partial charge on any atom is -0.376 e. The van der Waals surface area contributed by atoms with E-state index in [2.05, 4.69) is 36.2 Å². The number of rotatable bonds is 3. The van der Waals surface area contributed by atoms with Crippen LogP contribution in [0.2, 0.25) is 0 Å². The molecule has 0 aliphatic rings.